The summed E-state index contributed by atoms with van der Waals surface area (Å²) in [6, 6.07) is 5.76. The number of nitro groups is 1. The van der Waals surface area contributed by atoms with Gasteiger partial charge in [0.2, 0.25) is 0 Å². The number of rotatable bonds is 6. The largest absolute Gasteiger partial charge is 0.465 e. The van der Waals surface area contributed by atoms with Gasteiger partial charge in [-0.05, 0) is 25.8 Å². The summed E-state index contributed by atoms with van der Waals surface area (Å²) >= 11 is 0. The minimum absolute atomic E-state index is 0.0285. The van der Waals surface area contributed by atoms with Crippen LogP contribution in [0.2, 0.25) is 0 Å². The fourth-order valence-corrected chi connectivity index (χ4v) is 1.63. The van der Waals surface area contributed by atoms with Crippen LogP contribution in [0.4, 0.5) is 5.69 Å². The number of ketones is 1. The number of nitrogens with zero attached hydrogens (tertiary/aromatic N) is 1. The molecule has 0 aromatic heterocycles. The molecular weight excluding hydrogens is 250 g/mol. The number of ether oxygens (including phenoxy) is 1. The van der Waals surface area contributed by atoms with Gasteiger partial charge in [0.25, 0.3) is 5.69 Å². The minimum atomic E-state index is -0.860. The van der Waals surface area contributed by atoms with E-state index in [-0.39, 0.29) is 24.5 Å². The summed E-state index contributed by atoms with van der Waals surface area (Å²) in [6.07, 6.45) is 0.187. The first-order valence-electron chi connectivity index (χ1n) is 5.86. The summed E-state index contributed by atoms with van der Waals surface area (Å²) in [5.74, 6) is -1.70. The zero-order valence-corrected chi connectivity index (χ0v) is 10.8. The molecule has 1 rings (SSSR count). The molecule has 0 radical (unpaired) electrons. The van der Waals surface area contributed by atoms with E-state index in [4.69, 9.17) is 4.74 Å². The molecule has 0 bridgehead atoms. The number of Topliss-reactive ketones (excluding diaryl/α,β-unsaturated/α-hetero) is 1. The first-order valence-corrected chi connectivity index (χ1v) is 5.86. The number of benzene rings is 1. The Balaban J connectivity index is 2.82. The zero-order valence-electron chi connectivity index (χ0n) is 10.8. The van der Waals surface area contributed by atoms with Gasteiger partial charge in [-0.25, -0.2) is 0 Å². The van der Waals surface area contributed by atoms with Crippen LogP contribution in [0, 0.1) is 16.0 Å². The summed E-state index contributed by atoms with van der Waals surface area (Å²) < 4.78 is 4.83. The van der Waals surface area contributed by atoms with E-state index < -0.39 is 16.8 Å². The van der Waals surface area contributed by atoms with Crippen LogP contribution in [0.3, 0.4) is 0 Å². The zero-order chi connectivity index (χ0) is 14.4. The van der Waals surface area contributed by atoms with Crippen molar-refractivity contribution in [2.45, 2.75) is 20.3 Å². The van der Waals surface area contributed by atoms with Crippen LogP contribution in [0.1, 0.15) is 19.4 Å². The molecule has 0 aliphatic rings. The lowest BCUT2D eigenvalue weighted by molar-refractivity contribution is -0.384. The monoisotopic (exact) mass is 265 g/mol. The summed E-state index contributed by atoms with van der Waals surface area (Å²) in [4.78, 5) is 33.1. The first kappa shape index (κ1) is 14.8. The molecule has 1 atom stereocenters. The molecule has 0 unspecified atom stereocenters. The number of nitro benzene ring substituents is 1. The van der Waals surface area contributed by atoms with Gasteiger partial charge in [-0.2, -0.15) is 0 Å². The van der Waals surface area contributed by atoms with Gasteiger partial charge in [-0.1, -0.05) is 12.1 Å². The molecule has 6 heteroatoms. The fourth-order valence-electron chi connectivity index (χ4n) is 1.63. The molecule has 0 spiro atoms. The lowest BCUT2D eigenvalue weighted by Gasteiger charge is -2.12. The standard InChI is InChI=1S/C13H15NO5/c1-3-19-13(16)12(9(2)15)8-10-4-6-11(7-5-10)14(17)18/h4-7,12H,3,8H2,1-2H3/t12-/m0/s1. The van der Waals surface area contributed by atoms with E-state index in [2.05, 4.69) is 0 Å². The van der Waals surface area contributed by atoms with E-state index in [1.165, 1.54) is 31.2 Å². The number of hydrogen-bond acceptors (Lipinski definition) is 5. The summed E-state index contributed by atoms with van der Waals surface area (Å²) in [5.41, 5.74) is 0.651. The molecule has 0 fully saturated rings. The van der Waals surface area contributed by atoms with Gasteiger partial charge in [0.05, 0.1) is 11.5 Å². The molecule has 102 valence electrons. The summed E-state index contributed by atoms with van der Waals surface area (Å²) in [6.45, 7) is 3.21. The highest BCUT2D eigenvalue weighted by Crippen LogP contribution is 2.16. The maximum atomic E-state index is 11.6. The maximum absolute atomic E-state index is 11.6. The number of esters is 1. The van der Waals surface area contributed by atoms with Crippen LogP contribution in [0.5, 0.6) is 0 Å². The van der Waals surface area contributed by atoms with Crippen LogP contribution in [0.15, 0.2) is 24.3 Å². The highest BCUT2D eigenvalue weighted by Gasteiger charge is 2.25. The van der Waals surface area contributed by atoms with Crippen molar-refractivity contribution in [2.75, 3.05) is 6.61 Å². The van der Waals surface area contributed by atoms with Crippen molar-refractivity contribution in [1.29, 1.82) is 0 Å². The van der Waals surface area contributed by atoms with Crippen molar-refractivity contribution < 1.29 is 19.2 Å². The Morgan fingerprint density at radius 3 is 2.32 bits per heavy atom. The Bertz CT molecular complexity index is 480. The highest BCUT2D eigenvalue weighted by atomic mass is 16.6. The van der Waals surface area contributed by atoms with E-state index in [1.54, 1.807) is 6.92 Å². The lowest BCUT2D eigenvalue weighted by Crippen LogP contribution is -2.26. The number of carbonyl (C=O) groups is 2. The number of non-ortho nitro benzene ring substituents is 1. The topological polar surface area (TPSA) is 86.5 Å². The third kappa shape index (κ3) is 4.17. The average molecular weight is 265 g/mol. The van der Waals surface area contributed by atoms with Crippen LogP contribution in [-0.2, 0) is 20.7 Å². The Labute approximate surface area is 110 Å². The van der Waals surface area contributed by atoms with Crippen LogP contribution in [0.25, 0.3) is 0 Å². The lowest BCUT2D eigenvalue weighted by atomic mass is 9.96. The van der Waals surface area contributed by atoms with Crippen LogP contribution in [-0.4, -0.2) is 23.3 Å². The molecule has 0 heterocycles. The van der Waals surface area contributed by atoms with Gasteiger partial charge in [0.1, 0.15) is 11.7 Å². The molecule has 1 aromatic rings. The molecular formula is C13H15NO5. The van der Waals surface area contributed by atoms with Crippen molar-refractivity contribution in [2.24, 2.45) is 5.92 Å². The Kier molecular flexibility index (Phi) is 5.17. The van der Waals surface area contributed by atoms with Crippen LogP contribution < -0.4 is 0 Å². The molecule has 0 amide bonds. The van der Waals surface area contributed by atoms with Crippen molar-refractivity contribution in [3.8, 4) is 0 Å². The molecule has 1 aromatic carbocycles. The Hall–Kier alpha value is -2.24. The SMILES string of the molecule is CCOC(=O)[C@@H](Cc1ccc([N+](=O)[O-])cc1)C(C)=O. The molecule has 0 N–H and O–H groups in total. The second-order valence-electron chi connectivity index (χ2n) is 4.04. The van der Waals surface area contributed by atoms with Crippen molar-refractivity contribution >= 4 is 17.4 Å². The smallest absolute Gasteiger partial charge is 0.316 e. The second-order valence-corrected chi connectivity index (χ2v) is 4.04. The Morgan fingerprint density at radius 2 is 1.89 bits per heavy atom. The van der Waals surface area contributed by atoms with E-state index in [9.17, 15) is 19.7 Å². The van der Waals surface area contributed by atoms with E-state index in [1.807, 2.05) is 0 Å². The molecule has 6 nitrogen and oxygen atoms in total. The maximum Gasteiger partial charge on any atom is 0.316 e. The highest BCUT2D eigenvalue weighted by molar-refractivity contribution is 5.98. The van der Waals surface area contributed by atoms with Gasteiger partial charge in [-0.3, -0.25) is 19.7 Å². The molecule has 0 aliphatic heterocycles. The van der Waals surface area contributed by atoms with Gasteiger partial charge in [0, 0.05) is 12.1 Å². The minimum Gasteiger partial charge on any atom is -0.465 e. The predicted molar refractivity (Wildman–Crippen MR) is 67.6 cm³/mol. The number of hydrogen-bond donors (Lipinski definition) is 0. The molecule has 0 saturated heterocycles. The van der Waals surface area contributed by atoms with Crippen molar-refractivity contribution in [1.82, 2.24) is 0 Å². The summed E-state index contributed by atoms with van der Waals surface area (Å²) in [5, 5.41) is 10.5. The van der Waals surface area contributed by atoms with Crippen molar-refractivity contribution in [3.63, 3.8) is 0 Å². The normalized spacial score (nSPS) is 11.7. The van der Waals surface area contributed by atoms with Crippen molar-refractivity contribution in [3.05, 3.63) is 39.9 Å². The average Bonchev–Trinajstić information content (AvgIpc) is 2.36. The quantitative estimate of drug-likeness (QED) is 0.339. The fraction of sp³-hybridized carbons (Fsp3) is 0.385. The van der Waals surface area contributed by atoms with E-state index in [0.29, 0.717) is 5.56 Å². The summed E-state index contributed by atoms with van der Waals surface area (Å²) in [7, 11) is 0. The van der Waals surface area contributed by atoms with Gasteiger partial charge < -0.3 is 4.74 Å². The second kappa shape index (κ2) is 6.63. The van der Waals surface area contributed by atoms with E-state index >= 15 is 0 Å². The van der Waals surface area contributed by atoms with Gasteiger partial charge in [0.15, 0.2) is 0 Å². The van der Waals surface area contributed by atoms with Crippen LogP contribution >= 0.6 is 0 Å². The molecule has 19 heavy (non-hydrogen) atoms. The van der Waals surface area contributed by atoms with Gasteiger partial charge in [-0.15, -0.1) is 0 Å². The van der Waals surface area contributed by atoms with Gasteiger partial charge >= 0.3 is 5.97 Å². The third-order valence-corrected chi connectivity index (χ3v) is 2.65. The van der Waals surface area contributed by atoms with E-state index in [0.717, 1.165) is 0 Å². The third-order valence-electron chi connectivity index (χ3n) is 2.65. The number of carbonyl (C=O) groups excluding carboxylic acids is 2. The predicted octanol–water partition coefficient (Wildman–Crippen LogP) is 1.91. The molecule has 0 saturated carbocycles. The molecule has 0 aliphatic carbocycles. The Morgan fingerprint density at radius 1 is 1.32 bits per heavy atom. The first-order chi connectivity index (χ1) is 8.95.